The van der Waals surface area contributed by atoms with Crippen molar-refractivity contribution in [2.45, 2.75) is 277 Å². The number of likely N-dealkylation sites (N-methyl/N-ethyl adjacent to an activating group) is 1. The number of phosphoric ester groups is 1. The SMILES string of the molecule is CC/C=C\C/C=C\C/C=C\C/C=C\C/C=C\CCCCCCCC(=O)OC(/C=C\CCCCCCCCCCCCC)C(COP(=O)(O)OCC[N+](C)(C)C)NC(=O)CCCCCCCCC/C=C\CCCCCC. The van der Waals surface area contributed by atoms with Crippen molar-refractivity contribution in [2.75, 3.05) is 40.9 Å². The summed E-state index contributed by atoms with van der Waals surface area (Å²) in [6.07, 6.45) is 71.4. The molecule has 75 heavy (non-hydrogen) atoms. The molecule has 9 nitrogen and oxygen atoms in total. The molecule has 0 aliphatic carbocycles. The van der Waals surface area contributed by atoms with E-state index < -0.39 is 20.0 Å². The fourth-order valence-corrected chi connectivity index (χ4v) is 9.29. The molecule has 0 radical (unpaired) electrons. The number of nitrogens with zero attached hydrogens (tertiary/aromatic N) is 1. The summed E-state index contributed by atoms with van der Waals surface area (Å²) in [7, 11) is 1.47. The molecule has 10 heteroatoms. The molecule has 0 spiro atoms. The van der Waals surface area contributed by atoms with Crippen LogP contribution in [0.1, 0.15) is 265 Å². The minimum atomic E-state index is -4.46. The second-order valence-electron chi connectivity index (χ2n) is 21.8. The molecule has 0 rings (SSSR count). The van der Waals surface area contributed by atoms with Gasteiger partial charge in [-0.2, -0.15) is 0 Å². The van der Waals surface area contributed by atoms with E-state index in [4.69, 9.17) is 13.8 Å². The third-order valence-electron chi connectivity index (χ3n) is 13.3. The predicted molar refractivity (Wildman–Crippen MR) is 323 cm³/mol. The van der Waals surface area contributed by atoms with Crippen LogP contribution in [0.5, 0.6) is 0 Å². The molecule has 0 saturated carbocycles. The van der Waals surface area contributed by atoms with Crippen LogP contribution in [0.2, 0.25) is 0 Å². The standard InChI is InChI=1S/C65H117N2O7P/c1-7-10-13-16-19-22-25-28-30-31-32-33-34-35-37-40-43-46-49-52-55-58-65(69)74-63(56-53-50-47-44-41-38-27-24-21-18-15-12-9-3)62(61-73-75(70,71)72-60-59-67(4,5)6)66-64(68)57-54-51-48-45-42-39-36-29-26-23-20-17-14-11-8-2/h10,13,19,22-23,26,28,30,32-33,35,37,53,56,62-63H,7-9,11-12,14-18,20-21,24-25,27,29,31,34,36,38-52,54-55,57-61H2,1-6H3,(H-,66,68,70,71)/p+1/b13-10-,22-19-,26-23-,30-28-,33-32-,37-35-,56-53-. The molecule has 0 aliphatic heterocycles. The summed E-state index contributed by atoms with van der Waals surface area (Å²) in [5, 5.41) is 3.05. The molecule has 434 valence electrons. The van der Waals surface area contributed by atoms with Gasteiger partial charge in [-0.1, -0.05) is 235 Å². The maximum atomic E-state index is 13.5. The molecule has 0 aromatic rings. The van der Waals surface area contributed by atoms with Gasteiger partial charge in [-0.25, -0.2) is 4.57 Å². The zero-order chi connectivity index (χ0) is 55.0. The molecule has 0 aromatic carbocycles. The van der Waals surface area contributed by atoms with Crippen LogP contribution in [0.3, 0.4) is 0 Å². The van der Waals surface area contributed by atoms with Crippen molar-refractivity contribution in [3.8, 4) is 0 Å². The number of phosphoric acid groups is 1. The van der Waals surface area contributed by atoms with Crippen LogP contribution in [-0.4, -0.2) is 74.3 Å². The van der Waals surface area contributed by atoms with Gasteiger partial charge in [0.1, 0.15) is 19.3 Å². The molecule has 3 unspecified atom stereocenters. The Balaban J connectivity index is 5.33. The van der Waals surface area contributed by atoms with E-state index in [0.29, 0.717) is 23.9 Å². The molecule has 0 aromatic heterocycles. The molecule has 0 heterocycles. The van der Waals surface area contributed by atoms with E-state index >= 15 is 0 Å². The number of unbranched alkanes of at least 4 members (excludes halogenated alkanes) is 27. The van der Waals surface area contributed by atoms with Crippen LogP contribution in [0, 0.1) is 0 Å². The number of ether oxygens (including phenoxy) is 1. The van der Waals surface area contributed by atoms with Crippen molar-refractivity contribution in [1.82, 2.24) is 5.32 Å². The third-order valence-corrected chi connectivity index (χ3v) is 14.3. The second kappa shape index (κ2) is 54.5. The van der Waals surface area contributed by atoms with Crippen molar-refractivity contribution in [1.29, 1.82) is 0 Å². The number of quaternary nitrogens is 1. The average molecular weight is 1070 g/mol. The summed E-state index contributed by atoms with van der Waals surface area (Å²) in [6.45, 7) is 6.87. The van der Waals surface area contributed by atoms with E-state index in [1.807, 2.05) is 33.3 Å². The Labute approximate surface area is 463 Å². The van der Waals surface area contributed by atoms with Crippen LogP contribution in [0.15, 0.2) is 85.1 Å². The van der Waals surface area contributed by atoms with Crippen LogP contribution in [0.4, 0.5) is 0 Å². The first-order valence-corrected chi connectivity index (χ1v) is 32.4. The Morgan fingerprint density at radius 2 is 0.853 bits per heavy atom. The predicted octanol–water partition coefficient (Wildman–Crippen LogP) is 19.0. The maximum absolute atomic E-state index is 13.5. The Kier molecular flexibility index (Phi) is 52.5. The molecule has 0 saturated heterocycles. The normalized spacial score (nSPS) is 14.3. The number of allylic oxidation sites excluding steroid dienone is 13. The van der Waals surface area contributed by atoms with Crippen LogP contribution in [-0.2, 0) is 27.9 Å². The minimum absolute atomic E-state index is 0.0329. The molecule has 3 atom stereocenters. The lowest BCUT2D eigenvalue weighted by atomic mass is 10.0. The quantitative estimate of drug-likeness (QED) is 0.0205. The van der Waals surface area contributed by atoms with E-state index in [-0.39, 0.29) is 31.5 Å². The van der Waals surface area contributed by atoms with Crippen molar-refractivity contribution < 1.29 is 37.3 Å². The highest BCUT2D eigenvalue weighted by atomic mass is 31.2. The van der Waals surface area contributed by atoms with Crippen molar-refractivity contribution in [3.05, 3.63) is 85.1 Å². The zero-order valence-electron chi connectivity index (χ0n) is 49.5. The largest absolute Gasteiger partial charge is 0.472 e. The lowest BCUT2D eigenvalue weighted by Crippen LogP contribution is -2.47. The first-order chi connectivity index (χ1) is 36.4. The number of carbonyl (C=O) groups excluding carboxylic acids is 2. The molecule has 0 aliphatic rings. The Morgan fingerprint density at radius 3 is 1.31 bits per heavy atom. The topological polar surface area (TPSA) is 111 Å². The van der Waals surface area contributed by atoms with Gasteiger partial charge in [0, 0.05) is 12.8 Å². The van der Waals surface area contributed by atoms with Gasteiger partial charge in [-0.05, 0) is 102 Å². The number of amides is 1. The zero-order valence-corrected chi connectivity index (χ0v) is 50.4. The van der Waals surface area contributed by atoms with E-state index in [2.05, 4.69) is 99.0 Å². The molecule has 0 fully saturated rings. The van der Waals surface area contributed by atoms with E-state index in [0.717, 1.165) is 116 Å². The minimum Gasteiger partial charge on any atom is -0.456 e. The second-order valence-corrected chi connectivity index (χ2v) is 23.3. The monoisotopic (exact) mass is 1070 g/mol. The Morgan fingerprint density at radius 1 is 0.480 bits per heavy atom. The van der Waals surface area contributed by atoms with E-state index in [1.165, 1.54) is 109 Å². The van der Waals surface area contributed by atoms with Gasteiger partial charge in [0.05, 0.1) is 33.8 Å². The van der Waals surface area contributed by atoms with Gasteiger partial charge in [-0.15, -0.1) is 0 Å². The van der Waals surface area contributed by atoms with Crippen molar-refractivity contribution >= 4 is 19.7 Å². The van der Waals surface area contributed by atoms with Crippen molar-refractivity contribution in [2.24, 2.45) is 0 Å². The highest BCUT2D eigenvalue weighted by molar-refractivity contribution is 7.47. The first kappa shape index (κ1) is 72.2. The molecular formula is C65H118N2O7P+. The summed E-state index contributed by atoms with van der Waals surface area (Å²) in [4.78, 5) is 37.7. The van der Waals surface area contributed by atoms with Crippen LogP contribution >= 0.6 is 7.82 Å². The molecule has 2 N–H and O–H groups in total. The average Bonchev–Trinajstić information content (AvgIpc) is 3.37. The summed E-state index contributed by atoms with van der Waals surface area (Å²) in [5.74, 6) is -0.532. The highest BCUT2D eigenvalue weighted by Gasteiger charge is 2.30. The third kappa shape index (κ3) is 55.7. The fourth-order valence-electron chi connectivity index (χ4n) is 8.55. The highest BCUT2D eigenvalue weighted by Crippen LogP contribution is 2.43. The van der Waals surface area contributed by atoms with Gasteiger partial charge < -0.3 is 19.4 Å². The number of hydrogen-bond donors (Lipinski definition) is 2. The van der Waals surface area contributed by atoms with Gasteiger partial charge in [0.15, 0.2) is 0 Å². The molecular weight excluding hydrogens is 952 g/mol. The van der Waals surface area contributed by atoms with Gasteiger partial charge >= 0.3 is 13.8 Å². The summed E-state index contributed by atoms with van der Waals surface area (Å²) < 4.78 is 30.7. The van der Waals surface area contributed by atoms with Crippen molar-refractivity contribution in [3.63, 3.8) is 0 Å². The number of esters is 1. The van der Waals surface area contributed by atoms with Gasteiger partial charge in [0.25, 0.3) is 0 Å². The first-order valence-electron chi connectivity index (χ1n) is 30.9. The molecule has 0 bridgehead atoms. The van der Waals surface area contributed by atoms with Gasteiger partial charge in [0.2, 0.25) is 5.91 Å². The number of hydrogen-bond acceptors (Lipinski definition) is 6. The summed E-state index contributed by atoms with van der Waals surface area (Å²) in [5.41, 5.74) is 0. The number of carbonyl (C=O) groups is 2. The van der Waals surface area contributed by atoms with E-state index in [9.17, 15) is 19.0 Å². The van der Waals surface area contributed by atoms with Crippen LogP contribution < -0.4 is 5.32 Å². The van der Waals surface area contributed by atoms with Crippen LogP contribution in [0.25, 0.3) is 0 Å². The Hall–Kier alpha value is -2.81. The van der Waals surface area contributed by atoms with Gasteiger partial charge in [-0.3, -0.25) is 18.6 Å². The summed E-state index contributed by atoms with van der Waals surface area (Å²) in [6, 6.07) is -0.862. The lowest BCUT2D eigenvalue weighted by molar-refractivity contribution is -0.870. The Bertz CT molecular complexity index is 1560. The summed E-state index contributed by atoms with van der Waals surface area (Å²) >= 11 is 0. The number of rotatable bonds is 55. The fraction of sp³-hybridized carbons (Fsp3) is 0.754. The van der Waals surface area contributed by atoms with E-state index in [1.54, 1.807) is 0 Å². The smallest absolute Gasteiger partial charge is 0.456 e. The maximum Gasteiger partial charge on any atom is 0.472 e. The number of nitrogens with one attached hydrogen (secondary N) is 1. The molecule has 1 amide bonds. The lowest BCUT2D eigenvalue weighted by Gasteiger charge is -2.27.